The number of H-pyrrole nitrogens is 1. The third kappa shape index (κ3) is 3.64. The number of aryl methyl sites for hydroxylation is 1. The molecule has 2 saturated heterocycles. The van der Waals surface area contributed by atoms with Gasteiger partial charge in [0.25, 0.3) is 0 Å². The summed E-state index contributed by atoms with van der Waals surface area (Å²) in [5, 5.41) is 0. The molecule has 3 aliphatic heterocycles. The topological polar surface area (TPSA) is 87.5 Å². The van der Waals surface area contributed by atoms with Gasteiger partial charge in [-0.25, -0.2) is 9.78 Å². The quantitative estimate of drug-likeness (QED) is 0.623. The zero-order chi connectivity index (χ0) is 22.5. The molecule has 2 aromatic carbocycles. The minimum absolute atomic E-state index is 0.161. The van der Waals surface area contributed by atoms with Crippen molar-refractivity contribution in [3.8, 4) is 16.9 Å². The van der Waals surface area contributed by atoms with Crippen LogP contribution in [-0.4, -0.2) is 57.6 Å². The number of hydrogen-bond acceptors (Lipinski definition) is 4. The third-order valence-corrected chi connectivity index (χ3v) is 7.63. The van der Waals surface area contributed by atoms with Gasteiger partial charge in [-0.1, -0.05) is 12.1 Å². The highest BCUT2D eigenvalue weighted by Crippen LogP contribution is 2.39. The number of carbonyl (C=O) groups excluding carboxylic acids is 1. The van der Waals surface area contributed by atoms with Crippen molar-refractivity contribution < 1.29 is 9.53 Å². The van der Waals surface area contributed by atoms with Crippen molar-refractivity contribution in [2.45, 2.75) is 51.2 Å². The largest absolute Gasteiger partial charge is 0.491 e. The maximum atomic E-state index is 13.6. The Labute approximate surface area is 193 Å². The average molecular weight is 446 g/mol. The SMILES string of the molecule is Cc1nc2ccc(-c3ccc4c(c3)CN(C(=O)N3C5CCC3CC(CN)C5)CCO4)cc2[nH]1. The van der Waals surface area contributed by atoms with E-state index in [1.54, 1.807) is 0 Å². The van der Waals surface area contributed by atoms with Crippen molar-refractivity contribution in [2.24, 2.45) is 11.7 Å². The number of urea groups is 1. The molecule has 2 amide bonds. The number of aromatic amines is 1. The van der Waals surface area contributed by atoms with E-state index in [0.717, 1.165) is 71.5 Å². The number of nitrogens with two attached hydrogens (primary N) is 1. The molecule has 1 aromatic heterocycles. The highest BCUT2D eigenvalue weighted by atomic mass is 16.5. The molecule has 33 heavy (non-hydrogen) atoms. The fourth-order valence-electron chi connectivity index (χ4n) is 6.01. The van der Waals surface area contributed by atoms with Gasteiger partial charge in [0.2, 0.25) is 0 Å². The predicted molar refractivity (Wildman–Crippen MR) is 128 cm³/mol. The van der Waals surface area contributed by atoms with Crippen LogP contribution in [0.3, 0.4) is 0 Å². The van der Waals surface area contributed by atoms with Gasteiger partial charge in [-0.15, -0.1) is 0 Å². The van der Waals surface area contributed by atoms with Gasteiger partial charge >= 0.3 is 6.03 Å². The maximum Gasteiger partial charge on any atom is 0.320 e. The molecule has 3 aromatic rings. The van der Waals surface area contributed by atoms with Crippen LogP contribution >= 0.6 is 0 Å². The van der Waals surface area contributed by atoms with Gasteiger partial charge in [-0.2, -0.15) is 0 Å². The third-order valence-electron chi connectivity index (χ3n) is 7.63. The van der Waals surface area contributed by atoms with Gasteiger partial charge in [-0.3, -0.25) is 0 Å². The van der Waals surface area contributed by atoms with Crippen LogP contribution in [0.15, 0.2) is 36.4 Å². The summed E-state index contributed by atoms with van der Waals surface area (Å²) >= 11 is 0. The summed E-state index contributed by atoms with van der Waals surface area (Å²) in [6.45, 7) is 4.40. The summed E-state index contributed by atoms with van der Waals surface area (Å²) < 4.78 is 6.04. The smallest absolute Gasteiger partial charge is 0.320 e. The van der Waals surface area contributed by atoms with Crippen molar-refractivity contribution in [1.82, 2.24) is 19.8 Å². The maximum absolute atomic E-state index is 13.6. The molecule has 2 bridgehead atoms. The molecule has 7 nitrogen and oxygen atoms in total. The molecule has 2 fully saturated rings. The summed E-state index contributed by atoms with van der Waals surface area (Å²) in [6, 6.07) is 13.4. The van der Waals surface area contributed by atoms with Crippen LogP contribution in [0.4, 0.5) is 4.79 Å². The van der Waals surface area contributed by atoms with Crippen LogP contribution in [0.25, 0.3) is 22.2 Å². The van der Waals surface area contributed by atoms with Gasteiger partial charge in [-0.05, 0) is 80.5 Å². The lowest BCUT2D eigenvalue weighted by atomic mass is 9.91. The van der Waals surface area contributed by atoms with Gasteiger partial charge in [0.15, 0.2) is 0 Å². The molecule has 7 heteroatoms. The number of amides is 2. The standard InChI is InChI=1S/C26H31N5O2/c1-16-28-23-6-2-19(13-24(23)29-16)18-3-7-25-20(12-18)15-30(8-9-33-25)26(32)31-21-4-5-22(31)11-17(10-21)14-27/h2-3,6-7,12-13,17,21-22H,4-5,8-11,14-15,27H2,1H3,(H,28,29). The van der Waals surface area contributed by atoms with E-state index >= 15 is 0 Å². The van der Waals surface area contributed by atoms with Crippen molar-refractivity contribution in [1.29, 1.82) is 0 Å². The highest BCUT2D eigenvalue weighted by Gasteiger charge is 2.44. The average Bonchev–Trinajstić information content (AvgIpc) is 3.22. The molecule has 4 heterocycles. The summed E-state index contributed by atoms with van der Waals surface area (Å²) in [7, 11) is 0. The number of carbonyl (C=O) groups is 1. The second-order valence-corrected chi connectivity index (χ2v) is 9.79. The number of benzene rings is 2. The Kier molecular flexibility index (Phi) is 5.02. The molecule has 0 aliphatic carbocycles. The predicted octanol–water partition coefficient (Wildman–Crippen LogP) is 4.05. The first kappa shape index (κ1) is 20.5. The molecular weight excluding hydrogens is 414 g/mol. The Balaban J connectivity index is 1.26. The van der Waals surface area contributed by atoms with E-state index in [-0.39, 0.29) is 6.03 Å². The number of imidazole rings is 1. The van der Waals surface area contributed by atoms with E-state index in [2.05, 4.69) is 39.1 Å². The van der Waals surface area contributed by atoms with Crippen molar-refractivity contribution in [3.05, 3.63) is 47.8 Å². The van der Waals surface area contributed by atoms with Crippen molar-refractivity contribution >= 4 is 17.1 Å². The minimum atomic E-state index is 0.161. The number of aromatic nitrogens is 2. The zero-order valence-corrected chi connectivity index (χ0v) is 19.1. The van der Waals surface area contributed by atoms with E-state index < -0.39 is 0 Å². The van der Waals surface area contributed by atoms with Gasteiger partial charge < -0.3 is 25.3 Å². The molecular formula is C26H31N5O2. The lowest BCUT2D eigenvalue weighted by Gasteiger charge is -2.41. The number of fused-ring (bicyclic) bond motifs is 4. The fourth-order valence-corrected chi connectivity index (χ4v) is 6.01. The summed E-state index contributed by atoms with van der Waals surface area (Å²) in [4.78, 5) is 25.6. The number of piperidine rings is 1. The van der Waals surface area contributed by atoms with Crippen LogP contribution in [-0.2, 0) is 6.54 Å². The highest BCUT2D eigenvalue weighted by molar-refractivity contribution is 5.82. The molecule has 3 N–H and O–H groups in total. The van der Waals surface area contributed by atoms with E-state index in [0.29, 0.717) is 37.7 Å². The van der Waals surface area contributed by atoms with Gasteiger partial charge in [0.1, 0.15) is 18.2 Å². The first-order valence-corrected chi connectivity index (χ1v) is 12.1. The number of ether oxygens (including phenoxy) is 1. The number of rotatable bonds is 2. The number of hydrogen-bond donors (Lipinski definition) is 2. The van der Waals surface area contributed by atoms with Crippen molar-refractivity contribution in [2.75, 3.05) is 19.7 Å². The lowest BCUT2D eigenvalue weighted by Crippen LogP contribution is -2.53. The minimum Gasteiger partial charge on any atom is -0.491 e. The molecule has 2 atom stereocenters. The van der Waals surface area contributed by atoms with E-state index in [4.69, 9.17) is 10.5 Å². The molecule has 0 spiro atoms. The molecule has 6 rings (SSSR count). The van der Waals surface area contributed by atoms with Crippen LogP contribution < -0.4 is 10.5 Å². The van der Waals surface area contributed by atoms with E-state index in [1.807, 2.05) is 24.0 Å². The summed E-state index contributed by atoms with van der Waals surface area (Å²) in [5.41, 5.74) is 11.3. The van der Waals surface area contributed by atoms with Crippen LogP contribution in [0, 0.1) is 12.8 Å². The second-order valence-electron chi connectivity index (χ2n) is 9.79. The first-order chi connectivity index (χ1) is 16.1. The van der Waals surface area contributed by atoms with Crippen LogP contribution in [0.5, 0.6) is 5.75 Å². The Hall–Kier alpha value is -3.06. The Morgan fingerprint density at radius 2 is 1.91 bits per heavy atom. The molecule has 0 radical (unpaired) electrons. The molecule has 172 valence electrons. The fraction of sp³-hybridized carbons (Fsp3) is 0.462. The van der Waals surface area contributed by atoms with Crippen LogP contribution in [0.1, 0.15) is 37.1 Å². The molecule has 3 aliphatic rings. The van der Waals surface area contributed by atoms with E-state index in [1.165, 1.54) is 0 Å². The Morgan fingerprint density at radius 3 is 2.70 bits per heavy atom. The number of nitrogens with one attached hydrogen (secondary N) is 1. The van der Waals surface area contributed by atoms with Crippen molar-refractivity contribution in [3.63, 3.8) is 0 Å². The summed E-state index contributed by atoms with van der Waals surface area (Å²) in [5.74, 6) is 2.34. The van der Waals surface area contributed by atoms with E-state index in [9.17, 15) is 4.79 Å². The molecule has 0 saturated carbocycles. The van der Waals surface area contributed by atoms with Gasteiger partial charge in [0, 0.05) is 17.6 Å². The normalized spacial score (nSPS) is 24.5. The lowest BCUT2D eigenvalue weighted by molar-refractivity contribution is 0.0908. The second kappa shape index (κ2) is 8.06. The first-order valence-electron chi connectivity index (χ1n) is 12.1. The van der Waals surface area contributed by atoms with Crippen LogP contribution in [0.2, 0.25) is 0 Å². The molecule has 2 unspecified atom stereocenters. The Bertz CT molecular complexity index is 1190. The zero-order valence-electron chi connectivity index (χ0n) is 19.1. The monoisotopic (exact) mass is 445 g/mol. The van der Waals surface area contributed by atoms with Gasteiger partial charge in [0.05, 0.1) is 24.1 Å². The number of nitrogens with zero attached hydrogens (tertiary/aromatic N) is 3. The summed E-state index contributed by atoms with van der Waals surface area (Å²) in [6.07, 6.45) is 4.29. The Morgan fingerprint density at radius 1 is 1.15 bits per heavy atom.